The topological polar surface area (TPSA) is 58.4 Å². The lowest BCUT2D eigenvalue weighted by atomic mass is 9.84. The Morgan fingerprint density at radius 1 is 1.09 bits per heavy atom. The van der Waals surface area contributed by atoms with Gasteiger partial charge in [0.15, 0.2) is 0 Å². The van der Waals surface area contributed by atoms with Crippen molar-refractivity contribution in [1.29, 1.82) is 0 Å². The minimum absolute atomic E-state index is 0. The fourth-order valence-electron chi connectivity index (χ4n) is 5.10. The maximum Gasteiger partial charge on any atom is 0.225 e. The summed E-state index contributed by atoms with van der Waals surface area (Å²) in [7, 11) is 0. The van der Waals surface area contributed by atoms with Crippen LogP contribution in [0.5, 0.6) is 0 Å². The Bertz CT molecular complexity index is 416. The molecular formula is C16H29Cl2N3O. The number of nitrogens with zero attached hydrogens (tertiary/aromatic N) is 1. The molecule has 2 bridgehead atoms. The average molecular weight is 350 g/mol. The molecular weight excluding hydrogens is 321 g/mol. The molecule has 0 aromatic rings. The zero-order valence-electron chi connectivity index (χ0n) is 13.2. The van der Waals surface area contributed by atoms with Crippen LogP contribution in [0.15, 0.2) is 0 Å². The molecule has 6 atom stereocenters. The van der Waals surface area contributed by atoms with E-state index in [9.17, 15) is 4.79 Å². The number of fused-ring (bicyclic) bond motifs is 2. The van der Waals surface area contributed by atoms with Crippen molar-refractivity contribution in [1.82, 2.24) is 10.2 Å². The fraction of sp³-hybridized carbons (Fsp3) is 0.938. The Balaban J connectivity index is 0.000000882. The van der Waals surface area contributed by atoms with Crippen molar-refractivity contribution in [3.8, 4) is 0 Å². The van der Waals surface area contributed by atoms with E-state index in [1.165, 1.54) is 32.1 Å². The van der Waals surface area contributed by atoms with E-state index in [-0.39, 0.29) is 42.7 Å². The second kappa shape index (κ2) is 6.84. The van der Waals surface area contributed by atoms with Crippen molar-refractivity contribution < 1.29 is 4.79 Å². The Hall–Kier alpha value is -0.0300. The second-order valence-electron chi connectivity index (χ2n) is 7.65. The van der Waals surface area contributed by atoms with Gasteiger partial charge < -0.3 is 11.1 Å². The smallest absolute Gasteiger partial charge is 0.225 e. The quantitative estimate of drug-likeness (QED) is 0.818. The molecule has 6 unspecified atom stereocenters. The van der Waals surface area contributed by atoms with E-state index in [2.05, 4.69) is 17.1 Å². The van der Waals surface area contributed by atoms with Gasteiger partial charge in [-0.3, -0.25) is 9.69 Å². The monoisotopic (exact) mass is 349 g/mol. The predicted octanol–water partition coefficient (Wildman–Crippen LogP) is 1.94. The summed E-state index contributed by atoms with van der Waals surface area (Å²) in [5.41, 5.74) is 6.28. The van der Waals surface area contributed by atoms with Crippen molar-refractivity contribution in [2.75, 3.05) is 6.54 Å². The molecule has 0 radical (unpaired) electrons. The molecule has 1 aliphatic heterocycles. The van der Waals surface area contributed by atoms with Gasteiger partial charge in [0.1, 0.15) is 0 Å². The predicted molar refractivity (Wildman–Crippen MR) is 92.5 cm³/mol. The molecule has 3 aliphatic carbocycles. The van der Waals surface area contributed by atoms with Crippen molar-refractivity contribution in [2.45, 2.75) is 69.6 Å². The summed E-state index contributed by atoms with van der Waals surface area (Å²) in [6.07, 6.45) is 7.45. The molecule has 3 saturated carbocycles. The van der Waals surface area contributed by atoms with Crippen LogP contribution in [0.4, 0.5) is 0 Å². The summed E-state index contributed by atoms with van der Waals surface area (Å²) in [6, 6.07) is 1.90. The van der Waals surface area contributed by atoms with Crippen molar-refractivity contribution in [2.24, 2.45) is 23.5 Å². The molecule has 1 amide bonds. The van der Waals surface area contributed by atoms with Crippen LogP contribution in [0.2, 0.25) is 0 Å². The van der Waals surface area contributed by atoms with Gasteiger partial charge in [-0.25, -0.2) is 0 Å². The highest BCUT2D eigenvalue weighted by atomic mass is 35.5. The third kappa shape index (κ3) is 3.12. The highest BCUT2D eigenvalue weighted by molar-refractivity contribution is 5.85. The first kappa shape index (κ1) is 18.3. The van der Waals surface area contributed by atoms with E-state index >= 15 is 0 Å². The number of carbonyl (C=O) groups is 1. The van der Waals surface area contributed by atoms with E-state index < -0.39 is 0 Å². The number of nitrogens with one attached hydrogen (secondary N) is 1. The Labute approximate surface area is 145 Å². The van der Waals surface area contributed by atoms with Crippen LogP contribution in [0, 0.1) is 17.8 Å². The van der Waals surface area contributed by atoms with Crippen molar-refractivity contribution >= 4 is 30.7 Å². The van der Waals surface area contributed by atoms with Crippen molar-refractivity contribution in [3.63, 3.8) is 0 Å². The van der Waals surface area contributed by atoms with Crippen LogP contribution in [0.3, 0.4) is 0 Å². The highest BCUT2D eigenvalue weighted by Gasteiger charge is 2.49. The first-order valence-corrected chi connectivity index (χ1v) is 8.45. The summed E-state index contributed by atoms with van der Waals surface area (Å²) in [6.45, 7) is 3.35. The van der Waals surface area contributed by atoms with E-state index in [1.807, 2.05) is 0 Å². The first-order chi connectivity index (χ1) is 9.63. The SMILES string of the molecule is CC1CC(NC(=O)C2C3CCC(C3)C2N)CN1C1CC1.Cl.Cl. The number of halogens is 2. The fourth-order valence-corrected chi connectivity index (χ4v) is 5.10. The van der Waals surface area contributed by atoms with Gasteiger partial charge in [-0.2, -0.15) is 0 Å². The Kier molecular flexibility index (Phi) is 5.69. The summed E-state index contributed by atoms with van der Waals surface area (Å²) in [5.74, 6) is 1.52. The molecule has 128 valence electrons. The maximum absolute atomic E-state index is 12.6. The number of hydrogen-bond donors (Lipinski definition) is 2. The minimum atomic E-state index is 0. The van der Waals surface area contributed by atoms with E-state index in [0.717, 1.165) is 19.0 Å². The third-order valence-corrected chi connectivity index (χ3v) is 6.27. The molecule has 0 spiro atoms. The van der Waals surface area contributed by atoms with E-state index in [0.29, 0.717) is 23.9 Å². The third-order valence-electron chi connectivity index (χ3n) is 6.27. The molecule has 1 heterocycles. The summed E-state index contributed by atoms with van der Waals surface area (Å²) in [5, 5.41) is 3.32. The normalized spacial score (nSPS) is 43.5. The molecule has 22 heavy (non-hydrogen) atoms. The molecule has 0 aromatic carbocycles. The molecule has 3 N–H and O–H groups in total. The lowest BCUT2D eigenvalue weighted by Crippen LogP contribution is -2.48. The molecule has 1 saturated heterocycles. The average Bonchev–Trinajstić information content (AvgIpc) is 2.90. The van der Waals surface area contributed by atoms with E-state index in [1.54, 1.807) is 0 Å². The van der Waals surface area contributed by atoms with Gasteiger partial charge in [0.25, 0.3) is 0 Å². The molecule has 4 nitrogen and oxygen atoms in total. The minimum Gasteiger partial charge on any atom is -0.352 e. The second-order valence-corrected chi connectivity index (χ2v) is 7.65. The van der Waals surface area contributed by atoms with Crippen LogP contribution in [-0.4, -0.2) is 41.5 Å². The van der Waals surface area contributed by atoms with Gasteiger partial charge in [0.2, 0.25) is 5.91 Å². The largest absolute Gasteiger partial charge is 0.352 e. The number of likely N-dealkylation sites (tertiary alicyclic amines) is 1. The molecule has 4 aliphatic rings. The number of rotatable bonds is 3. The lowest BCUT2D eigenvalue weighted by molar-refractivity contribution is -0.127. The summed E-state index contributed by atoms with van der Waals surface area (Å²) in [4.78, 5) is 15.2. The zero-order chi connectivity index (χ0) is 13.9. The summed E-state index contributed by atoms with van der Waals surface area (Å²) >= 11 is 0. The van der Waals surface area contributed by atoms with Crippen molar-refractivity contribution in [3.05, 3.63) is 0 Å². The van der Waals surface area contributed by atoms with Gasteiger partial charge in [-0.1, -0.05) is 0 Å². The number of nitrogens with two attached hydrogens (primary N) is 1. The molecule has 6 heteroatoms. The van der Waals surface area contributed by atoms with Crippen LogP contribution in [0.25, 0.3) is 0 Å². The van der Waals surface area contributed by atoms with Gasteiger partial charge in [0, 0.05) is 30.7 Å². The zero-order valence-corrected chi connectivity index (χ0v) is 14.9. The van der Waals surface area contributed by atoms with Gasteiger partial charge in [0.05, 0.1) is 5.92 Å². The van der Waals surface area contributed by atoms with Gasteiger partial charge in [-0.05, 0) is 57.3 Å². The number of carbonyl (C=O) groups excluding carboxylic acids is 1. The van der Waals surface area contributed by atoms with Gasteiger partial charge in [-0.15, -0.1) is 24.8 Å². The number of hydrogen-bond acceptors (Lipinski definition) is 3. The van der Waals surface area contributed by atoms with Crippen LogP contribution in [-0.2, 0) is 4.79 Å². The Morgan fingerprint density at radius 3 is 2.36 bits per heavy atom. The first-order valence-electron chi connectivity index (χ1n) is 8.45. The summed E-state index contributed by atoms with van der Waals surface area (Å²) < 4.78 is 0. The highest BCUT2D eigenvalue weighted by Crippen LogP contribution is 2.47. The van der Waals surface area contributed by atoms with Gasteiger partial charge >= 0.3 is 0 Å². The lowest BCUT2D eigenvalue weighted by Gasteiger charge is -2.28. The molecule has 0 aromatic heterocycles. The molecule has 4 fully saturated rings. The standard InChI is InChI=1S/C16H27N3O.2ClH/c1-9-6-12(8-19(9)13-4-5-13)18-16(20)14-10-2-3-11(7-10)15(14)17;;/h9-15H,2-8,17H2,1H3,(H,18,20);2*1H. The van der Waals surface area contributed by atoms with E-state index in [4.69, 9.17) is 5.73 Å². The number of amides is 1. The van der Waals surface area contributed by atoms with Crippen LogP contribution >= 0.6 is 24.8 Å². The maximum atomic E-state index is 12.6. The van der Waals surface area contributed by atoms with Crippen LogP contribution in [0.1, 0.15) is 45.4 Å². The molecule has 4 rings (SSSR count). The van der Waals surface area contributed by atoms with Crippen LogP contribution < -0.4 is 11.1 Å². The Morgan fingerprint density at radius 2 is 1.77 bits per heavy atom.